The van der Waals surface area contributed by atoms with E-state index in [0.717, 1.165) is 0 Å². The summed E-state index contributed by atoms with van der Waals surface area (Å²) in [6.07, 6.45) is 0. The molecule has 3 rings (SSSR count). The average molecular weight is 279 g/mol. The fraction of sp³-hybridized carbons (Fsp3) is 0.400. The lowest BCUT2D eigenvalue weighted by Crippen LogP contribution is -2.10. The summed E-state index contributed by atoms with van der Waals surface area (Å²) in [6.45, 7) is 13.6. The molecule has 0 aliphatic heterocycles. The van der Waals surface area contributed by atoms with Crippen LogP contribution >= 0.6 is 0 Å². The smallest absolute Gasteiger partial charge is 0.0465 e. The van der Waals surface area contributed by atoms with E-state index >= 15 is 0 Å². The zero-order valence-electron chi connectivity index (χ0n) is 14.0. The van der Waals surface area contributed by atoms with Gasteiger partial charge in [0, 0.05) is 21.8 Å². The number of benzene rings is 2. The van der Waals surface area contributed by atoms with Gasteiger partial charge in [0.05, 0.1) is 0 Å². The van der Waals surface area contributed by atoms with Crippen LogP contribution in [0.25, 0.3) is 21.8 Å². The molecule has 2 aromatic carbocycles. The van der Waals surface area contributed by atoms with E-state index in [1.54, 1.807) is 0 Å². The van der Waals surface area contributed by atoms with Crippen LogP contribution < -0.4 is 0 Å². The minimum atomic E-state index is 0.180. The number of rotatable bonds is 0. The second-order valence-corrected chi connectivity index (χ2v) is 8.15. The molecular formula is C20H25N. The Balaban J connectivity index is 2.31. The third-order valence-electron chi connectivity index (χ3n) is 4.33. The predicted octanol–water partition coefficient (Wildman–Crippen LogP) is 5.92. The molecule has 0 amide bonds. The van der Waals surface area contributed by atoms with Crippen molar-refractivity contribution < 1.29 is 0 Å². The Morgan fingerprint density at radius 1 is 0.619 bits per heavy atom. The van der Waals surface area contributed by atoms with Crippen molar-refractivity contribution >= 4 is 21.8 Å². The first-order valence-electron chi connectivity index (χ1n) is 7.73. The number of H-pyrrole nitrogens is 1. The standard InChI is InChI=1S/C20H25N/c1-19(2,3)13-7-9-17-15(11-13)16-12-14(20(4,5)6)8-10-18(16)21-17/h7-12,21H,1-6H3. The van der Waals surface area contributed by atoms with Crippen molar-refractivity contribution in [1.29, 1.82) is 0 Å². The zero-order chi connectivity index (χ0) is 15.4. The van der Waals surface area contributed by atoms with Crippen molar-refractivity contribution in [3.63, 3.8) is 0 Å². The van der Waals surface area contributed by atoms with E-state index in [1.807, 2.05) is 0 Å². The Kier molecular flexibility index (Phi) is 2.95. The van der Waals surface area contributed by atoms with E-state index in [4.69, 9.17) is 0 Å². The van der Waals surface area contributed by atoms with Crippen LogP contribution in [0.15, 0.2) is 36.4 Å². The molecule has 3 aromatic rings. The molecule has 0 bridgehead atoms. The lowest BCUT2D eigenvalue weighted by Gasteiger charge is -2.19. The van der Waals surface area contributed by atoms with Crippen molar-refractivity contribution in [3.8, 4) is 0 Å². The topological polar surface area (TPSA) is 15.8 Å². The van der Waals surface area contributed by atoms with E-state index in [0.29, 0.717) is 0 Å². The highest BCUT2D eigenvalue weighted by Crippen LogP contribution is 2.33. The molecule has 0 atom stereocenters. The van der Waals surface area contributed by atoms with Gasteiger partial charge >= 0.3 is 0 Å². The second-order valence-electron chi connectivity index (χ2n) is 8.15. The Labute approximate surface area is 127 Å². The van der Waals surface area contributed by atoms with Crippen LogP contribution in [-0.4, -0.2) is 4.98 Å². The number of fused-ring (bicyclic) bond motifs is 3. The molecule has 0 aliphatic carbocycles. The first-order valence-corrected chi connectivity index (χ1v) is 7.73. The third-order valence-corrected chi connectivity index (χ3v) is 4.33. The molecule has 1 heterocycles. The van der Waals surface area contributed by atoms with Crippen LogP contribution in [0, 0.1) is 0 Å². The van der Waals surface area contributed by atoms with E-state index in [2.05, 4.69) is 82.9 Å². The van der Waals surface area contributed by atoms with Gasteiger partial charge in [-0.25, -0.2) is 0 Å². The number of aromatic amines is 1. The molecule has 1 aromatic heterocycles. The molecule has 0 aliphatic rings. The van der Waals surface area contributed by atoms with Crippen molar-refractivity contribution in [1.82, 2.24) is 4.98 Å². The van der Waals surface area contributed by atoms with Crippen molar-refractivity contribution in [3.05, 3.63) is 47.5 Å². The summed E-state index contributed by atoms with van der Waals surface area (Å²) in [5.74, 6) is 0. The number of nitrogens with one attached hydrogen (secondary N) is 1. The summed E-state index contributed by atoms with van der Waals surface area (Å²) in [7, 11) is 0. The third kappa shape index (κ3) is 2.46. The molecule has 1 nitrogen and oxygen atoms in total. The average Bonchev–Trinajstić information content (AvgIpc) is 2.73. The molecule has 0 saturated carbocycles. The molecule has 110 valence electrons. The Morgan fingerprint density at radius 3 is 1.33 bits per heavy atom. The largest absolute Gasteiger partial charge is 0.355 e. The molecule has 0 fully saturated rings. The molecule has 0 saturated heterocycles. The first-order chi connectivity index (χ1) is 9.66. The number of hydrogen-bond acceptors (Lipinski definition) is 0. The first kappa shape index (κ1) is 14.2. The van der Waals surface area contributed by atoms with E-state index in [9.17, 15) is 0 Å². The van der Waals surface area contributed by atoms with Gasteiger partial charge in [0.2, 0.25) is 0 Å². The van der Waals surface area contributed by atoms with Gasteiger partial charge in [0.25, 0.3) is 0 Å². The Bertz CT molecular complexity index is 739. The van der Waals surface area contributed by atoms with Crippen molar-refractivity contribution in [2.75, 3.05) is 0 Å². The van der Waals surface area contributed by atoms with Crippen molar-refractivity contribution in [2.45, 2.75) is 52.4 Å². The van der Waals surface area contributed by atoms with Gasteiger partial charge in [-0.15, -0.1) is 0 Å². The maximum atomic E-state index is 3.54. The van der Waals surface area contributed by atoms with Crippen LogP contribution in [0.4, 0.5) is 0 Å². The Hall–Kier alpha value is -1.76. The SMILES string of the molecule is CC(C)(C)c1ccc2[nH]c3ccc(C(C)(C)C)cc3c2c1. The maximum absolute atomic E-state index is 3.54. The molecule has 0 unspecified atom stereocenters. The summed E-state index contributed by atoms with van der Waals surface area (Å²) in [4.78, 5) is 3.54. The molecule has 0 radical (unpaired) electrons. The van der Waals surface area contributed by atoms with Crippen LogP contribution in [-0.2, 0) is 10.8 Å². The number of hydrogen-bond donors (Lipinski definition) is 1. The maximum Gasteiger partial charge on any atom is 0.0465 e. The normalized spacial score (nSPS) is 13.2. The molecule has 21 heavy (non-hydrogen) atoms. The summed E-state index contributed by atoms with van der Waals surface area (Å²) in [5.41, 5.74) is 5.58. The minimum Gasteiger partial charge on any atom is -0.355 e. The monoisotopic (exact) mass is 279 g/mol. The highest BCUT2D eigenvalue weighted by atomic mass is 14.7. The van der Waals surface area contributed by atoms with Crippen LogP contribution in [0.1, 0.15) is 52.7 Å². The quantitative estimate of drug-likeness (QED) is 0.526. The van der Waals surface area contributed by atoms with Crippen molar-refractivity contribution in [2.24, 2.45) is 0 Å². The van der Waals surface area contributed by atoms with E-state index in [-0.39, 0.29) is 10.8 Å². The van der Waals surface area contributed by atoms with Gasteiger partial charge in [-0.2, -0.15) is 0 Å². The highest BCUT2D eigenvalue weighted by Gasteiger charge is 2.17. The van der Waals surface area contributed by atoms with Gasteiger partial charge < -0.3 is 4.98 Å². The van der Waals surface area contributed by atoms with Crippen LogP contribution in [0.5, 0.6) is 0 Å². The predicted molar refractivity (Wildman–Crippen MR) is 93.2 cm³/mol. The van der Waals surface area contributed by atoms with Gasteiger partial charge in [0.1, 0.15) is 0 Å². The van der Waals surface area contributed by atoms with Crippen LogP contribution in [0.2, 0.25) is 0 Å². The lowest BCUT2D eigenvalue weighted by atomic mass is 9.85. The van der Waals surface area contributed by atoms with Crippen LogP contribution in [0.3, 0.4) is 0 Å². The van der Waals surface area contributed by atoms with Gasteiger partial charge in [-0.1, -0.05) is 53.7 Å². The van der Waals surface area contributed by atoms with E-state index < -0.39 is 0 Å². The highest BCUT2D eigenvalue weighted by molar-refractivity contribution is 6.07. The molecule has 0 spiro atoms. The summed E-state index contributed by atoms with van der Waals surface area (Å²) < 4.78 is 0. The van der Waals surface area contributed by atoms with Gasteiger partial charge in [-0.3, -0.25) is 0 Å². The fourth-order valence-corrected chi connectivity index (χ4v) is 2.83. The lowest BCUT2D eigenvalue weighted by molar-refractivity contribution is 0.590. The summed E-state index contributed by atoms with van der Waals surface area (Å²) >= 11 is 0. The minimum absolute atomic E-state index is 0.180. The fourth-order valence-electron chi connectivity index (χ4n) is 2.83. The molecule has 1 N–H and O–H groups in total. The van der Waals surface area contributed by atoms with Gasteiger partial charge in [0.15, 0.2) is 0 Å². The van der Waals surface area contributed by atoms with E-state index in [1.165, 1.54) is 32.9 Å². The zero-order valence-corrected chi connectivity index (χ0v) is 14.0. The summed E-state index contributed by atoms with van der Waals surface area (Å²) in [5, 5.41) is 2.67. The number of aromatic nitrogens is 1. The second kappa shape index (κ2) is 4.37. The Morgan fingerprint density at radius 2 is 1.00 bits per heavy atom. The molecular weight excluding hydrogens is 254 g/mol. The molecule has 1 heteroatoms. The summed E-state index contributed by atoms with van der Waals surface area (Å²) in [6, 6.07) is 13.6. The van der Waals surface area contributed by atoms with Gasteiger partial charge in [-0.05, 0) is 46.2 Å².